The van der Waals surface area contributed by atoms with Gasteiger partial charge in [0.1, 0.15) is 0 Å². The van der Waals surface area contributed by atoms with Crippen LogP contribution in [0.1, 0.15) is 11.3 Å². The van der Waals surface area contributed by atoms with Gasteiger partial charge in [0.25, 0.3) is 0 Å². The van der Waals surface area contributed by atoms with Gasteiger partial charge in [-0.15, -0.1) is 0 Å². The number of aromatic nitrogens is 2. The molecule has 0 aliphatic carbocycles. The molecule has 1 aromatic rings. The van der Waals surface area contributed by atoms with Crippen LogP contribution < -0.4 is 5.32 Å². The minimum absolute atomic E-state index is 0.177. The minimum Gasteiger partial charge on any atom is -0.395 e. The monoisotopic (exact) mass is 169 g/mol. The van der Waals surface area contributed by atoms with Gasteiger partial charge in [-0.05, 0) is 12.5 Å². The summed E-state index contributed by atoms with van der Waals surface area (Å²) in [6.07, 6.45) is 1.84. The Morgan fingerprint density at radius 1 is 1.67 bits per heavy atom. The third kappa shape index (κ3) is 2.06. The van der Waals surface area contributed by atoms with E-state index < -0.39 is 0 Å². The van der Waals surface area contributed by atoms with Crippen LogP contribution in [-0.2, 0) is 13.6 Å². The minimum atomic E-state index is 0.177. The predicted molar refractivity (Wildman–Crippen MR) is 46.7 cm³/mol. The summed E-state index contributed by atoms with van der Waals surface area (Å²) in [6.45, 7) is 3.60. The summed E-state index contributed by atoms with van der Waals surface area (Å²) >= 11 is 0. The largest absolute Gasteiger partial charge is 0.395 e. The highest BCUT2D eigenvalue weighted by Crippen LogP contribution is 2.03. The molecule has 0 aromatic carbocycles. The molecule has 2 N–H and O–H groups in total. The highest BCUT2D eigenvalue weighted by molar-refractivity contribution is 5.14. The Morgan fingerprint density at radius 2 is 2.42 bits per heavy atom. The second-order valence-corrected chi connectivity index (χ2v) is 2.80. The number of aliphatic hydroxyl groups excluding tert-OH is 1. The van der Waals surface area contributed by atoms with Crippen LogP contribution in [0.25, 0.3) is 0 Å². The molecule has 1 rings (SSSR count). The van der Waals surface area contributed by atoms with Crippen LogP contribution in [0, 0.1) is 6.92 Å². The van der Waals surface area contributed by atoms with Crippen molar-refractivity contribution in [3.8, 4) is 0 Å². The van der Waals surface area contributed by atoms with Gasteiger partial charge in [-0.3, -0.25) is 4.68 Å². The van der Waals surface area contributed by atoms with Gasteiger partial charge in [0.05, 0.1) is 18.5 Å². The molecule has 0 aliphatic rings. The highest BCUT2D eigenvalue weighted by atomic mass is 16.3. The van der Waals surface area contributed by atoms with Crippen molar-refractivity contribution in [2.45, 2.75) is 13.5 Å². The zero-order chi connectivity index (χ0) is 8.97. The van der Waals surface area contributed by atoms with E-state index in [0.29, 0.717) is 6.54 Å². The number of nitrogens with one attached hydrogen (secondary N) is 1. The molecule has 0 amide bonds. The molecule has 4 heteroatoms. The van der Waals surface area contributed by atoms with Crippen LogP contribution >= 0.6 is 0 Å². The second-order valence-electron chi connectivity index (χ2n) is 2.80. The SMILES string of the molecule is Cc1cnn(C)c1CNCCO. The van der Waals surface area contributed by atoms with Gasteiger partial charge < -0.3 is 10.4 Å². The molecule has 0 radical (unpaired) electrons. The van der Waals surface area contributed by atoms with Gasteiger partial charge in [-0.1, -0.05) is 0 Å². The van der Waals surface area contributed by atoms with E-state index in [4.69, 9.17) is 5.11 Å². The van der Waals surface area contributed by atoms with Gasteiger partial charge >= 0.3 is 0 Å². The Kier molecular flexibility index (Phi) is 3.25. The maximum Gasteiger partial charge on any atom is 0.0556 e. The average molecular weight is 169 g/mol. The Bertz CT molecular complexity index is 225. The second kappa shape index (κ2) is 4.23. The number of nitrogens with zero attached hydrogens (tertiary/aromatic N) is 2. The Labute approximate surface area is 72.2 Å². The lowest BCUT2D eigenvalue weighted by Crippen LogP contribution is -2.19. The smallest absolute Gasteiger partial charge is 0.0556 e. The molecule has 0 atom stereocenters. The molecule has 12 heavy (non-hydrogen) atoms. The molecule has 68 valence electrons. The van der Waals surface area contributed by atoms with E-state index in [1.807, 2.05) is 24.9 Å². The first-order valence-corrected chi connectivity index (χ1v) is 4.04. The van der Waals surface area contributed by atoms with Crippen LogP contribution in [0.2, 0.25) is 0 Å². The number of aliphatic hydroxyl groups is 1. The zero-order valence-corrected chi connectivity index (χ0v) is 7.54. The molecule has 1 aromatic heterocycles. The van der Waals surface area contributed by atoms with Crippen molar-refractivity contribution in [1.82, 2.24) is 15.1 Å². The lowest BCUT2D eigenvalue weighted by molar-refractivity contribution is 0.291. The Hall–Kier alpha value is -0.870. The van der Waals surface area contributed by atoms with Crippen molar-refractivity contribution in [3.63, 3.8) is 0 Å². The molecule has 0 spiro atoms. The van der Waals surface area contributed by atoms with E-state index in [-0.39, 0.29) is 6.61 Å². The van der Waals surface area contributed by atoms with Crippen LogP contribution in [0.3, 0.4) is 0 Å². The van der Waals surface area contributed by atoms with Crippen LogP contribution in [0.5, 0.6) is 0 Å². The maximum absolute atomic E-state index is 8.55. The van der Waals surface area contributed by atoms with Gasteiger partial charge in [-0.25, -0.2) is 0 Å². The standard InChI is InChI=1S/C8H15N3O/c1-7-5-10-11(2)8(7)6-9-3-4-12/h5,9,12H,3-4,6H2,1-2H3. The van der Waals surface area contributed by atoms with Crippen molar-refractivity contribution >= 4 is 0 Å². The molecule has 0 saturated heterocycles. The number of aryl methyl sites for hydroxylation is 2. The third-order valence-corrected chi connectivity index (χ3v) is 1.85. The summed E-state index contributed by atoms with van der Waals surface area (Å²) in [7, 11) is 1.92. The number of hydrogen-bond acceptors (Lipinski definition) is 3. The van der Waals surface area contributed by atoms with Crippen LogP contribution in [0.15, 0.2) is 6.20 Å². The summed E-state index contributed by atoms with van der Waals surface area (Å²) in [5, 5.41) is 15.8. The lowest BCUT2D eigenvalue weighted by Gasteiger charge is -2.04. The van der Waals surface area contributed by atoms with Gasteiger partial charge in [0, 0.05) is 20.1 Å². The van der Waals surface area contributed by atoms with E-state index >= 15 is 0 Å². The molecule has 1 heterocycles. The first-order valence-electron chi connectivity index (χ1n) is 4.04. The van der Waals surface area contributed by atoms with E-state index in [1.54, 1.807) is 0 Å². The third-order valence-electron chi connectivity index (χ3n) is 1.85. The molecule has 0 unspecified atom stereocenters. The molecule has 0 aliphatic heterocycles. The topological polar surface area (TPSA) is 50.1 Å². The summed E-state index contributed by atoms with van der Waals surface area (Å²) in [6, 6.07) is 0. The van der Waals surface area contributed by atoms with Crippen molar-refractivity contribution in [2.75, 3.05) is 13.2 Å². The predicted octanol–water partition coefficient (Wildman–Crippen LogP) is -0.190. The Morgan fingerprint density at radius 3 is 2.92 bits per heavy atom. The van der Waals surface area contributed by atoms with Gasteiger partial charge in [-0.2, -0.15) is 5.10 Å². The van der Waals surface area contributed by atoms with E-state index in [2.05, 4.69) is 10.4 Å². The lowest BCUT2D eigenvalue weighted by atomic mass is 10.3. The summed E-state index contributed by atoms with van der Waals surface area (Å²) in [5.41, 5.74) is 2.35. The van der Waals surface area contributed by atoms with Crippen LogP contribution in [0.4, 0.5) is 0 Å². The summed E-state index contributed by atoms with van der Waals surface area (Å²) < 4.78 is 1.85. The first kappa shape index (κ1) is 9.22. The molecular formula is C8H15N3O. The Balaban J connectivity index is 2.50. The molecule has 4 nitrogen and oxygen atoms in total. The fourth-order valence-electron chi connectivity index (χ4n) is 1.11. The normalized spacial score (nSPS) is 10.6. The van der Waals surface area contributed by atoms with Crippen molar-refractivity contribution < 1.29 is 5.11 Å². The quantitative estimate of drug-likeness (QED) is 0.614. The molecular weight excluding hydrogens is 154 g/mol. The fourth-order valence-corrected chi connectivity index (χ4v) is 1.11. The first-order chi connectivity index (χ1) is 5.75. The van der Waals surface area contributed by atoms with Crippen molar-refractivity contribution in [3.05, 3.63) is 17.5 Å². The maximum atomic E-state index is 8.55. The van der Waals surface area contributed by atoms with Crippen molar-refractivity contribution in [2.24, 2.45) is 7.05 Å². The van der Waals surface area contributed by atoms with E-state index in [1.165, 1.54) is 11.3 Å². The molecule has 0 saturated carbocycles. The van der Waals surface area contributed by atoms with Crippen molar-refractivity contribution in [1.29, 1.82) is 0 Å². The van der Waals surface area contributed by atoms with Crippen LogP contribution in [-0.4, -0.2) is 28.0 Å². The zero-order valence-electron chi connectivity index (χ0n) is 7.54. The fraction of sp³-hybridized carbons (Fsp3) is 0.625. The van der Waals surface area contributed by atoms with E-state index in [0.717, 1.165) is 6.54 Å². The molecule has 0 bridgehead atoms. The summed E-state index contributed by atoms with van der Waals surface area (Å²) in [4.78, 5) is 0. The molecule has 0 fully saturated rings. The van der Waals surface area contributed by atoms with Gasteiger partial charge in [0.15, 0.2) is 0 Å². The number of hydrogen-bond donors (Lipinski definition) is 2. The highest BCUT2D eigenvalue weighted by Gasteiger charge is 2.02. The average Bonchev–Trinajstić information content (AvgIpc) is 2.35. The number of rotatable bonds is 4. The van der Waals surface area contributed by atoms with Gasteiger partial charge in [0.2, 0.25) is 0 Å². The summed E-state index contributed by atoms with van der Waals surface area (Å²) in [5.74, 6) is 0. The van der Waals surface area contributed by atoms with E-state index in [9.17, 15) is 0 Å².